The molecule has 3 aromatic rings. The third-order valence-corrected chi connectivity index (χ3v) is 7.85. The van der Waals surface area contributed by atoms with Crippen LogP contribution in [0.1, 0.15) is 31.4 Å². The van der Waals surface area contributed by atoms with E-state index in [1.165, 1.54) is 27.1 Å². The highest BCUT2D eigenvalue weighted by Crippen LogP contribution is 2.28. The van der Waals surface area contributed by atoms with E-state index in [0.29, 0.717) is 25.2 Å². The average molecular weight is 472 g/mol. The van der Waals surface area contributed by atoms with Gasteiger partial charge in [-0.1, -0.05) is 43.7 Å². The number of carbonyl (C=O) groups is 1. The number of fused-ring (bicyclic) bond motifs is 1. The number of nitrogens with zero attached hydrogens (tertiary/aromatic N) is 2. The van der Waals surface area contributed by atoms with Gasteiger partial charge < -0.3 is 9.73 Å². The molecule has 0 unspecified atom stereocenters. The van der Waals surface area contributed by atoms with Gasteiger partial charge in [0.25, 0.3) is 0 Å². The van der Waals surface area contributed by atoms with Crippen LogP contribution in [0.5, 0.6) is 0 Å². The van der Waals surface area contributed by atoms with Gasteiger partial charge in [0, 0.05) is 25.7 Å². The van der Waals surface area contributed by atoms with Crippen LogP contribution >= 0.6 is 0 Å². The predicted octanol–water partition coefficient (Wildman–Crippen LogP) is 2.89. The molecule has 0 spiro atoms. The van der Waals surface area contributed by atoms with Crippen molar-refractivity contribution in [3.8, 4) is 0 Å². The van der Waals surface area contributed by atoms with Gasteiger partial charge in [-0.25, -0.2) is 13.2 Å². The average Bonchev–Trinajstić information content (AvgIpc) is 3.07. The van der Waals surface area contributed by atoms with E-state index in [2.05, 4.69) is 5.32 Å². The molecule has 0 saturated carbocycles. The number of hydrogen-bond acceptors (Lipinski definition) is 5. The fraction of sp³-hybridized carbons (Fsp3) is 0.417. The summed E-state index contributed by atoms with van der Waals surface area (Å²) >= 11 is 0. The third-order valence-electron chi connectivity index (χ3n) is 6.02. The number of carbonyl (C=O) groups excluding carboxylic acids is 1. The number of aromatic nitrogens is 1. The molecule has 1 fully saturated rings. The van der Waals surface area contributed by atoms with Crippen molar-refractivity contribution in [2.24, 2.45) is 11.8 Å². The molecule has 8 nitrogen and oxygen atoms in total. The van der Waals surface area contributed by atoms with Gasteiger partial charge in [0.05, 0.1) is 10.4 Å². The van der Waals surface area contributed by atoms with E-state index in [4.69, 9.17) is 4.42 Å². The molecule has 1 N–H and O–H groups in total. The molecule has 1 aromatic heterocycles. The molecule has 0 aliphatic carbocycles. The van der Waals surface area contributed by atoms with Crippen LogP contribution in [0, 0.1) is 18.8 Å². The molecule has 176 valence electrons. The number of piperidine rings is 1. The van der Waals surface area contributed by atoms with Crippen molar-refractivity contribution in [3.05, 3.63) is 64.1 Å². The summed E-state index contributed by atoms with van der Waals surface area (Å²) in [5, 5.41) is 2.79. The van der Waals surface area contributed by atoms with E-state index < -0.39 is 15.8 Å². The molecule has 1 aliphatic heterocycles. The van der Waals surface area contributed by atoms with E-state index in [-0.39, 0.29) is 34.8 Å². The Balaban J connectivity index is 1.52. The number of hydrogen-bond donors (Lipinski definition) is 1. The Labute approximate surface area is 193 Å². The van der Waals surface area contributed by atoms with E-state index in [1.807, 2.05) is 45.0 Å². The standard InChI is InChI=1S/C24H29N3O5S/c1-16-4-6-19(7-5-16)12-25-23(28)15-27-21-9-8-20(11-22(21)32-24(27)29)33(30,31)26-13-17(2)10-18(3)14-26/h4-9,11,17-18H,10,12-15H2,1-3H3,(H,25,28)/t17-,18-/m1/s1. The van der Waals surface area contributed by atoms with Gasteiger partial charge in [-0.2, -0.15) is 4.31 Å². The van der Waals surface area contributed by atoms with E-state index in [0.717, 1.165) is 17.5 Å². The van der Waals surface area contributed by atoms with Crippen molar-refractivity contribution in [3.63, 3.8) is 0 Å². The Hall–Kier alpha value is -2.91. The molecule has 33 heavy (non-hydrogen) atoms. The van der Waals surface area contributed by atoms with E-state index in [1.54, 1.807) is 0 Å². The summed E-state index contributed by atoms with van der Waals surface area (Å²) in [4.78, 5) is 24.9. The second kappa shape index (κ2) is 9.15. The molecule has 0 bridgehead atoms. The first-order valence-corrected chi connectivity index (χ1v) is 12.5. The molecule has 9 heteroatoms. The minimum atomic E-state index is -3.71. The van der Waals surface area contributed by atoms with Gasteiger partial charge in [0.1, 0.15) is 6.54 Å². The van der Waals surface area contributed by atoms with Gasteiger partial charge >= 0.3 is 5.76 Å². The van der Waals surface area contributed by atoms with Crippen LogP contribution in [-0.4, -0.2) is 36.3 Å². The maximum atomic E-state index is 13.2. The number of amides is 1. The summed E-state index contributed by atoms with van der Waals surface area (Å²) in [6.45, 7) is 7.15. The number of rotatable bonds is 6. The Kier molecular flexibility index (Phi) is 6.45. The van der Waals surface area contributed by atoms with Crippen molar-refractivity contribution in [2.75, 3.05) is 13.1 Å². The predicted molar refractivity (Wildman–Crippen MR) is 125 cm³/mol. The van der Waals surface area contributed by atoms with Crippen LogP contribution in [-0.2, 0) is 27.9 Å². The van der Waals surface area contributed by atoms with E-state index >= 15 is 0 Å². The summed E-state index contributed by atoms with van der Waals surface area (Å²) in [5.74, 6) is -0.479. The first-order valence-electron chi connectivity index (χ1n) is 11.1. The minimum Gasteiger partial charge on any atom is -0.408 e. The zero-order valence-electron chi connectivity index (χ0n) is 19.1. The van der Waals surface area contributed by atoms with Gasteiger partial charge in [0.15, 0.2) is 5.58 Å². The first kappa shape index (κ1) is 23.3. The number of oxazole rings is 1. The topological polar surface area (TPSA) is 102 Å². The van der Waals surface area contributed by atoms with Crippen molar-refractivity contribution in [2.45, 2.75) is 45.2 Å². The van der Waals surface area contributed by atoms with Crippen LogP contribution < -0.4 is 11.1 Å². The number of nitrogens with one attached hydrogen (secondary N) is 1. The molecule has 4 rings (SSSR count). The van der Waals surface area contributed by atoms with Crippen molar-refractivity contribution >= 4 is 27.0 Å². The van der Waals surface area contributed by atoms with Crippen molar-refractivity contribution in [1.29, 1.82) is 0 Å². The zero-order chi connectivity index (χ0) is 23.8. The highest BCUT2D eigenvalue weighted by Gasteiger charge is 2.32. The normalized spacial score (nSPS) is 19.6. The summed E-state index contributed by atoms with van der Waals surface area (Å²) in [6.07, 6.45) is 0.995. The SMILES string of the molecule is Cc1ccc(CNC(=O)Cn2c(=O)oc3cc(S(=O)(=O)N4C[C@H](C)C[C@@H](C)C4)ccc32)cc1. The van der Waals surface area contributed by atoms with Crippen LogP contribution in [0.4, 0.5) is 0 Å². The maximum Gasteiger partial charge on any atom is 0.420 e. The lowest BCUT2D eigenvalue weighted by atomic mass is 9.94. The monoisotopic (exact) mass is 471 g/mol. The largest absolute Gasteiger partial charge is 0.420 e. The lowest BCUT2D eigenvalue weighted by molar-refractivity contribution is -0.121. The lowest BCUT2D eigenvalue weighted by Gasteiger charge is -2.34. The molecule has 2 heterocycles. The zero-order valence-corrected chi connectivity index (χ0v) is 19.9. The number of benzene rings is 2. The van der Waals surface area contributed by atoms with Gasteiger partial charge in [0.2, 0.25) is 15.9 Å². The fourth-order valence-corrected chi connectivity index (χ4v) is 6.11. The lowest BCUT2D eigenvalue weighted by Crippen LogP contribution is -2.42. The molecule has 2 atom stereocenters. The van der Waals surface area contributed by atoms with Crippen LogP contribution in [0.2, 0.25) is 0 Å². The Morgan fingerprint density at radius 1 is 1.09 bits per heavy atom. The summed E-state index contributed by atoms with van der Waals surface area (Å²) < 4.78 is 34.3. The summed E-state index contributed by atoms with van der Waals surface area (Å²) in [5.41, 5.74) is 2.61. The third kappa shape index (κ3) is 5.04. The van der Waals surface area contributed by atoms with Gasteiger partial charge in [-0.3, -0.25) is 9.36 Å². The highest BCUT2D eigenvalue weighted by molar-refractivity contribution is 7.89. The summed E-state index contributed by atoms with van der Waals surface area (Å²) in [7, 11) is -3.71. The molecular weight excluding hydrogens is 442 g/mol. The van der Waals surface area contributed by atoms with Crippen LogP contribution in [0.3, 0.4) is 0 Å². The quantitative estimate of drug-likeness (QED) is 0.596. The van der Waals surface area contributed by atoms with Gasteiger partial charge in [-0.05, 0) is 42.9 Å². The second-order valence-electron chi connectivity index (χ2n) is 9.11. The summed E-state index contributed by atoms with van der Waals surface area (Å²) in [6, 6.07) is 12.2. The molecule has 0 radical (unpaired) electrons. The molecule has 1 aliphatic rings. The Morgan fingerprint density at radius 3 is 2.42 bits per heavy atom. The Bertz CT molecular complexity index is 1310. The molecule has 2 aromatic carbocycles. The van der Waals surface area contributed by atoms with Crippen LogP contribution in [0.25, 0.3) is 11.1 Å². The van der Waals surface area contributed by atoms with Gasteiger partial charge in [-0.15, -0.1) is 0 Å². The smallest absolute Gasteiger partial charge is 0.408 e. The molecular formula is C24H29N3O5S. The first-order chi connectivity index (χ1) is 15.6. The van der Waals surface area contributed by atoms with Crippen molar-refractivity contribution < 1.29 is 17.6 Å². The minimum absolute atomic E-state index is 0.0843. The Morgan fingerprint density at radius 2 is 1.76 bits per heavy atom. The molecule has 1 saturated heterocycles. The van der Waals surface area contributed by atoms with Crippen LogP contribution in [0.15, 0.2) is 56.6 Å². The molecule has 1 amide bonds. The van der Waals surface area contributed by atoms with E-state index in [9.17, 15) is 18.0 Å². The number of aryl methyl sites for hydroxylation is 1. The highest BCUT2D eigenvalue weighted by atomic mass is 32.2. The maximum absolute atomic E-state index is 13.2. The number of sulfonamides is 1. The second-order valence-corrected chi connectivity index (χ2v) is 11.1. The van der Waals surface area contributed by atoms with Crippen molar-refractivity contribution in [1.82, 2.24) is 14.2 Å². The fourth-order valence-electron chi connectivity index (χ4n) is 4.41.